The average molecular weight is 373 g/mol. The van der Waals surface area contributed by atoms with Crippen molar-refractivity contribution in [2.75, 3.05) is 0 Å². The van der Waals surface area contributed by atoms with Gasteiger partial charge in [0.1, 0.15) is 5.82 Å². The number of hydrogen-bond donors (Lipinski definition) is 1. The summed E-state index contributed by atoms with van der Waals surface area (Å²) < 4.78 is 37.3. The number of benzene rings is 1. The molecule has 0 aliphatic rings. The Morgan fingerprint density at radius 1 is 1.26 bits per heavy atom. The lowest BCUT2D eigenvalue weighted by Gasteiger charge is -2.10. The number of halogens is 2. The van der Waals surface area contributed by atoms with Crippen molar-refractivity contribution in [3.63, 3.8) is 0 Å². The minimum Gasteiger partial charge on any atom is -0.436 e. The third-order valence-electron chi connectivity index (χ3n) is 3.73. The van der Waals surface area contributed by atoms with Crippen molar-refractivity contribution < 1.29 is 22.8 Å². The zero-order valence-corrected chi connectivity index (χ0v) is 14.7. The van der Waals surface area contributed by atoms with E-state index in [2.05, 4.69) is 15.5 Å². The standard InChI is InChI=1S/C19H17F2N3O3/c1-11(2)15-9-17(27-24-15)18(25)23-10-12-4-3-7-22-19(12)26-16-6-5-13(20)8-14(16)21/h3-9,11H,10H2,1-2H3,(H,23,25). The van der Waals surface area contributed by atoms with Gasteiger partial charge in [-0.2, -0.15) is 0 Å². The number of nitrogens with one attached hydrogen (secondary N) is 1. The summed E-state index contributed by atoms with van der Waals surface area (Å²) in [7, 11) is 0. The molecule has 3 rings (SSSR count). The van der Waals surface area contributed by atoms with Crippen LogP contribution in [0.3, 0.4) is 0 Å². The van der Waals surface area contributed by atoms with Gasteiger partial charge in [0.25, 0.3) is 5.91 Å². The van der Waals surface area contributed by atoms with Gasteiger partial charge in [-0.1, -0.05) is 25.1 Å². The van der Waals surface area contributed by atoms with E-state index in [1.165, 1.54) is 12.3 Å². The van der Waals surface area contributed by atoms with Crippen LogP contribution in [0.5, 0.6) is 11.6 Å². The van der Waals surface area contributed by atoms with Crippen LogP contribution in [0.4, 0.5) is 8.78 Å². The highest BCUT2D eigenvalue weighted by molar-refractivity contribution is 5.91. The average Bonchev–Trinajstić information content (AvgIpc) is 3.13. The SMILES string of the molecule is CC(C)c1cc(C(=O)NCc2cccnc2Oc2ccc(F)cc2F)on1. The minimum absolute atomic E-state index is 0.0720. The molecule has 0 saturated heterocycles. The molecule has 1 amide bonds. The van der Waals surface area contributed by atoms with E-state index >= 15 is 0 Å². The van der Waals surface area contributed by atoms with E-state index in [0.717, 1.165) is 12.1 Å². The lowest BCUT2D eigenvalue weighted by atomic mass is 10.1. The van der Waals surface area contributed by atoms with E-state index in [1.807, 2.05) is 13.8 Å². The molecule has 140 valence electrons. The van der Waals surface area contributed by atoms with Crippen LogP contribution in [-0.2, 0) is 6.54 Å². The summed E-state index contributed by atoms with van der Waals surface area (Å²) in [5, 5.41) is 6.51. The second-order valence-corrected chi connectivity index (χ2v) is 6.10. The van der Waals surface area contributed by atoms with Crippen LogP contribution in [0.25, 0.3) is 0 Å². The van der Waals surface area contributed by atoms with E-state index in [1.54, 1.807) is 18.2 Å². The highest BCUT2D eigenvalue weighted by Crippen LogP contribution is 2.26. The smallest absolute Gasteiger partial charge is 0.290 e. The Morgan fingerprint density at radius 2 is 2.07 bits per heavy atom. The maximum atomic E-state index is 13.8. The van der Waals surface area contributed by atoms with Gasteiger partial charge in [-0.05, 0) is 24.1 Å². The number of nitrogens with zero attached hydrogens (tertiary/aromatic N) is 2. The predicted octanol–water partition coefficient (Wildman–Crippen LogP) is 4.19. The molecule has 1 N–H and O–H groups in total. The van der Waals surface area contributed by atoms with Gasteiger partial charge in [0.2, 0.25) is 11.6 Å². The zero-order chi connectivity index (χ0) is 19.4. The molecule has 27 heavy (non-hydrogen) atoms. The molecule has 1 aromatic carbocycles. The van der Waals surface area contributed by atoms with Crippen molar-refractivity contribution in [2.45, 2.75) is 26.3 Å². The Bertz CT molecular complexity index is 957. The molecule has 0 fully saturated rings. The fourth-order valence-electron chi connectivity index (χ4n) is 2.24. The fraction of sp³-hybridized carbons (Fsp3) is 0.211. The maximum Gasteiger partial charge on any atom is 0.290 e. The highest BCUT2D eigenvalue weighted by Gasteiger charge is 2.16. The second-order valence-electron chi connectivity index (χ2n) is 6.10. The Kier molecular flexibility index (Phi) is 5.44. The molecule has 0 atom stereocenters. The summed E-state index contributed by atoms with van der Waals surface area (Å²) >= 11 is 0. The van der Waals surface area contributed by atoms with E-state index in [9.17, 15) is 13.6 Å². The summed E-state index contributed by atoms with van der Waals surface area (Å²) in [5.74, 6) is -1.84. The number of pyridine rings is 1. The van der Waals surface area contributed by atoms with Crippen LogP contribution < -0.4 is 10.1 Å². The van der Waals surface area contributed by atoms with Crippen molar-refractivity contribution in [1.29, 1.82) is 0 Å². The summed E-state index contributed by atoms with van der Waals surface area (Å²) in [5.41, 5.74) is 1.19. The molecule has 0 unspecified atom stereocenters. The van der Waals surface area contributed by atoms with Gasteiger partial charge in [0.05, 0.1) is 5.69 Å². The molecule has 2 heterocycles. The van der Waals surface area contributed by atoms with Gasteiger partial charge in [-0.15, -0.1) is 0 Å². The van der Waals surface area contributed by atoms with E-state index in [-0.39, 0.29) is 29.9 Å². The topological polar surface area (TPSA) is 77.2 Å². The first kappa shape index (κ1) is 18.5. The van der Waals surface area contributed by atoms with Gasteiger partial charge >= 0.3 is 0 Å². The van der Waals surface area contributed by atoms with Crippen LogP contribution in [0.15, 0.2) is 47.1 Å². The number of amides is 1. The first-order chi connectivity index (χ1) is 12.9. The monoisotopic (exact) mass is 373 g/mol. The molecule has 0 saturated carbocycles. The first-order valence-electron chi connectivity index (χ1n) is 8.25. The van der Waals surface area contributed by atoms with Crippen LogP contribution in [0.2, 0.25) is 0 Å². The highest BCUT2D eigenvalue weighted by atomic mass is 19.1. The Morgan fingerprint density at radius 3 is 2.78 bits per heavy atom. The summed E-state index contributed by atoms with van der Waals surface area (Å²) in [6.45, 7) is 3.95. The minimum atomic E-state index is -0.849. The van der Waals surface area contributed by atoms with Crippen LogP contribution in [0.1, 0.15) is 41.6 Å². The molecule has 3 aromatic rings. The van der Waals surface area contributed by atoms with Crippen molar-refractivity contribution in [1.82, 2.24) is 15.5 Å². The third kappa shape index (κ3) is 4.46. The summed E-state index contributed by atoms with van der Waals surface area (Å²) in [6.07, 6.45) is 1.47. The molecular formula is C19H17F2N3O3. The van der Waals surface area contributed by atoms with Gasteiger partial charge in [0.15, 0.2) is 11.6 Å². The van der Waals surface area contributed by atoms with Crippen molar-refractivity contribution in [3.8, 4) is 11.6 Å². The van der Waals surface area contributed by atoms with Gasteiger partial charge < -0.3 is 14.6 Å². The summed E-state index contributed by atoms with van der Waals surface area (Å²) in [6, 6.07) is 7.87. The number of rotatable bonds is 6. The molecule has 6 nitrogen and oxygen atoms in total. The van der Waals surface area contributed by atoms with Crippen molar-refractivity contribution in [3.05, 3.63) is 71.2 Å². The van der Waals surface area contributed by atoms with Crippen molar-refractivity contribution in [2.24, 2.45) is 0 Å². The second kappa shape index (κ2) is 7.94. The molecule has 0 aliphatic heterocycles. The Labute approximate surface area is 154 Å². The summed E-state index contributed by atoms with van der Waals surface area (Å²) in [4.78, 5) is 16.3. The number of hydrogen-bond acceptors (Lipinski definition) is 5. The van der Waals surface area contributed by atoms with Crippen LogP contribution >= 0.6 is 0 Å². The molecule has 0 aliphatic carbocycles. The normalized spacial score (nSPS) is 10.9. The quantitative estimate of drug-likeness (QED) is 0.701. The Balaban J connectivity index is 1.71. The van der Waals surface area contributed by atoms with E-state index in [0.29, 0.717) is 11.3 Å². The number of aromatic nitrogens is 2. The van der Waals surface area contributed by atoms with Crippen LogP contribution in [0, 0.1) is 11.6 Å². The fourth-order valence-corrected chi connectivity index (χ4v) is 2.24. The molecular weight excluding hydrogens is 356 g/mol. The number of carbonyl (C=O) groups is 1. The van der Waals surface area contributed by atoms with E-state index in [4.69, 9.17) is 9.26 Å². The molecule has 0 spiro atoms. The molecule has 2 aromatic heterocycles. The zero-order valence-electron chi connectivity index (χ0n) is 14.7. The van der Waals surface area contributed by atoms with Gasteiger partial charge in [0, 0.05) is 30.4 Å². The van der Waals surface area contributed by atoms with Crippen molar-refractivity contribution >= 4 is 5.91 Å². The third-order valence-corrected chi connectivity index (χ3v) is 3.73. The number of carbonyl (C=O) groups excluding carboxylic acids is 1. The molecule has 8 heteroatoms. The first-order valence-corrected chi connectivity index (χ1v) is 8.25. The van der Waals surface area contributed by atoms with Gasteiger partial charge in [-0.25, -0.2) is 13.8 Å². The van der Waals surface area contributed by atoms with Crippen LogP contribution in [-0.4, -0.2) is 16.0 Å². The predicted molar refractivity (Wildman–Crippen MR) is 92.4 cm³/mol. The maximum absolute atomic E-state index is 13.8. The lowest BCUT2D eigenvalue weighted by Crippen LogP contribution is -2.22. The van der Waals surface area contributed by atoms with E-state index < -0.39 is 17.5 Å². The molecule has 0 bridgehead atoms. The largest absolute Gasteiger partial charge is 0.436 e. The van der Waals surface area contributed by atoms with Gasteiger partial charge in [-0.3, -0.25) is 4.79 Å². The molecule has 0 radical (unpaired) electrons. The number of ether oxygens (including phenoxy) is 1. The lowest BCUT2D eigenvalue weighted by molar-refractivity contribution is 0.0913. The Hall–Kier alpha value is -3.29.